The van der Waals surface area contributed by atoms with Gasteiger partial charge in [0.05, 0.1) is 16.2 Å². The van der Waals surface area contributed by atoms with Crippen LogP contribution in [-0.2, 0) is 20.0 Å². The molecule has 118 valence electrons. The molecule has 9 nitrogen and oxygen atoms in total. The molecule has 0 radical (unpaired) electrons. The van der Waals surface area contributed by atoms with E-state index in [9.17, 15) is 21.6 Å². The first-order valence-electron chi connectivity index (χ1n) is 5.63. The van der Waals surface area contributed by atoms with Gasteiger partial charge in [-0.2, -0.15) is 0 Å². The first kappa shape index (κ1) is 17.4. The van der Waals surface area contributed by atoms with Gasteiger partial charge in [-0.3, -0.25) is 0 Å². The van der Waals surface area contributed by atoms with E-state index in [0.717, 1.165) is 12.1 Å². The second kappa shape index (κ2) is 6.39. The number of anilines is 1. The Bertz CT molecular complexity index is 742. The molecule has 1 aromatic rings. The zero-order valence-electron chi connectivity index (χ0n) is 11.0. The zero-order chi connectivity index (χ0) is 16.3. The molecule has 0 atom stereocenters. The number of benzene rings is 1. The third-order valence-corrected chi connectivity index (χ3v) is 5.36. The fourth-order valence-corrected chi connectivity index (χ4v) is 3.39. The molecule has 0 aliphatic carbocycles. The molecule has 5 N–H and O–H groups in total. The zero-order valence-corrected chi connectivity index (χ0v) is 12.7. The Hall–Kier alpha value is -1.69. The lowest BCUT2D eigenvalue weighted by Crippen LogP contribution is -2.33. The Morgan fingerprint density at radius 1 is 1.29 bits per heavy atom. The molecule has 0 spiro atoms. The first-order valence-corrected chi connectivity index (χ1v) is 8.76. The number of nitrogen functional groups attached to an aromatic ring is 1. The van der Waals surface area contributed by atoms with E-state index in [1.165, 1.54) is 13.1 Å². The maximum absolute atomic E-state index is 12.0. The third kappa shape index (κ3) is 4.67. The van der Waals surface area contributed by atoms with Gasteiger partial charge in [0.1, 0.15) is 0 Å². The molecule has 0 heterocycles. The number of sulfonamides is 2. The smallest absolute Gasteiger partial charge is 0.337 e. The lowest BCUT2D eigenvalue weighted by atomic mass is 10.2. The summed E-state index contributed by atoms with van der Waals surface area (Å²) in [6.07, 6.45) is 0. The SMILES string of the molecule is CNS(=O)(=O)CCNS(=O)(=O)c1cc(N)ccc1C(=O)O. The summed E-state index contributed by atoms with van der Waals surface area (Å²) in [4.78, 5) is 10.5. The van der Waals surface area contributed by atoms with Crippen molar-refractivity contribution in [3.8, 4) is 0 Å². The number of carboxylic acid groups (broad SMARTS) is 1. The lowest BCUT2D eigenvalue weighted by molar-refractivity contribution is 0.0692. The number of rotatable bonds is 7. The van der Waals surface area contributed by atoms with Gasteiger partial charge in [-0.05, 0) is 25.2 Å². The van der Waals surface area contributed by atoms with Crippen molar-refractivity contribution in [3.63, 3.8) is 0 Å². The van der Waals surface area contributed by atoms with Crippen molar-refractivity contribution < 1.29 is 26.7 Å². The van der Waals surface area contributed by atoms with Gasteiger partial charge in [0, 0.05) is 12.2 Å². The fourth-order valence-electron chi connectivity index (χ4n) is 1.43. The van der Waals surface area contributed by atoms with Gasteiger partial charge in [-0.25, -0.2) is 31.1 Å². The van der Waals surface area contributed by atoms with Crippen LogP contribution in [0.2, 0.25) is 0 Å². The van der Waals surface area contributed by atoms with Crippen LogP contribution in [0.4, 0.5) is 5.69 Å². The van der Waals surface area contributed by atoms with E-state index in [1.807, 2.05) is 9.44 Å². The van der Waals surface area contributed by atoms with Crippen molar-refractivity contribution in [2.24, 2.45) is 0 Å². The van der Waals surface area contributed by atoms with Crippen LogP contribution < -0.4 is 15.2 Å². The summed E-state index contributed by atoms with van der Waals surface area (Å²) in [6, 6.07) is 3.32. The van der Waals surface area contributed by atoms with Crippen molar-refractivity contribution >= 4 is 31.7 Å². The van der Waals surface area contributed by atoms with Crippen LogP contribution in [0.15, 0.2) is 23.1 Å². The summed E-state index contributed by atoms with van der Waals surface area (Å²) < 4.78 is 50.5. The Balaban J connectivity index is 3.03. The van der Waals surface area contributed by atoms with E-state index >= 15 is 0 Å². The van der Waals surface area contributed by atoms with E-state index in [0.29, 0.717) is 0 Å². The van der Waals surface area contributed by atoms with Crippen molar-refractivity contribution in [2.75, 3.05) is 25.1 Å². The van der Waals surface area contributed by atoms with Crippen LogP contribution in [0.3, 0.4) is 0 Å². The minimum absolute atomic E-state index is 0.0724. The predicted molar refractivity (Wildman–Crippen MR) is 75.8 cm³/mol. The highest BCUT2D eigenvalue weighted by Gasteiger charge is 2.23. The standard InChI is InChI=1S/C10H15N3O6S2/c1-12-20(16,17)5-4-13-21(18,19)9-6-7(11)2-3-8(9)10(14)15/h2-3,6,12-13H,4-5,11H2,1H3,(H,14,15). The van der Waals surface area contributed by atoms with Crippen LogP contribution in [0.25, 0.3) is 0 Å². The summed E-state index contributed by atoms with van der Waals surface area (Å²) in [5.41, 5.74) is 5.07. The van der Waals surface area contributed by atoms with Crippen molar-refractivity contribution in [2.45, 2.75) is 4.90 Å². The summed E-state index contributed by atoms with van der Waals surface area (Å²) in [5, 5.41) is 8.97. The van der Waals surface area contributed by atoms with E-state index in [2.05, 4.69) is 0 Å². The van der Waals surface area contributed by atoms with Crippen LogP contribution >= 0.6 is 0 Å². The quantitative estimate of drug-likeness (QED) is 0.455. The number of nitrogens with two attached hydrogens (primary N) is 1. The Kier molecular flexibility index (Phi) is 5.28. The van der Waals surface area contributed by atoms with Gasteiger partial charge in [-0.1, -0.05) is 0 Å². The minimum Gasteiger partial charge on any atom is -0.478 e. The molecular weight excluding hydrogens is 322 g/mol. The molecule has 1 rings (SSSR count). The Morgan fingerprint density at radius 3 is 2.43 bits per heavy atom. The highest BCUT2D eigenvalue weighted by atomic mass is 32.2. The largest absolute Gasteiger partial charge is 0.478 e. The molecule has 0 bridgehead atoms. The van der Waals surface area contributed by atoms with Crippen LogP contribution in [0.1, 0.15) is 10.4 Å². The van der Waals surface area contributed by atoms with Gasteiger partial charge < -0.3 is 10.8 Å². The molecule has 0 fully saturated rings. The van der Waals surface area contributed by atoms with Crippen molar-refractivity contribution in [1.82, 2.24) is 9.44 Å². The molecule has 0 saturated heterocycles. The first-order chi connectivity index (χ1) is 9.59. The van der Waals surface area contributed by atoms with Crippen LogP contribution in [0.5, 0.6) is 0 Å². The molecule has 0 aliphatic heterocycles. The number of hydrogen-bond acceptors (Lipinski definition) is 6. The average Bonchev–Trinajstić information content (AvgIpc) is 2.37. The molecule has 0 aromatic heterocycles. The normalized spacial score (nSPS) is 12.2. The summed E-state index contributed by atoms with van der Waals surface area (Å²) in [7, 11) is -6.57. The van der Waals surface area contributed by atoms with Crippen molar-refractivity contribution in [1.29, 1.82) is 0 Å². The predicted octanol–water partition coefficient (Wildman–Crippen LogP) is -1.21. The van der Waals surface area contributed by atoms with E-state index in [-0.39, 0.29) is 5.69 Å². The highest BCUT2D eigenvalue weighted by Crippen LogP contribution is 2.19. The van der Waals surface area contributed by atoms with E-state index in [4.69, 9.17) is 10.8 Å². The summed E-state index contributed by atoms with van der Waals surface area (Å²) >= 11 is 0. The number of nitrogens with one attached hydrogen (secondary N) is 2. The number of carboxylic acids is 1. The third-order valence-electron chi connectivity index (χ3n) is 2.50. The van der Waals surface area contributed by atoms with Crippen LogP contribution in [-0.4, -0.2) is 47.3 Å². The molecule has 21 heavy (non-hydrogen) atoms. The van der Waals surface area contributed by atoms with Gasteiger partial charge >= 0.3 is 5.97 Å². The Labute approximate surface area is 122 Å². The number of carbonyl (C=O) groups is 1. The van der Waals surface area contributed by atoms with Gasteiger partial charge in [-0.15, -0.1) is 0 Å². The summed E-state index contributed by atoms with van der Waals surface area (Å²) in [6.45, 7) is -0.403. The molecule has 11 heteroatoms. The second-order valence-corrected chi connectivity index (χ2v) is 7.76. The number of aromatic carboxylic acids is 1. The topological polar surface area (TPSA) is 156 Å². The lowest BCUT2D eigenvalue weighted by Gasteiger charge is -2.10. The van der Waals surface area contributed by atoms with Crippen molar-refractivity contribution in [3.05, 3.63) is 23.8 Å². The highest BCUT2D eigenvalue weighted by molar-refractivity contribution is 7.90. The minimum atomic E-state index is -4.19. The van der Waals surface area contributed by atoms with Gasteiger partial charge in [0.25, 0.3) is 0 Å². The maximum Gasteiger partial charge on any atom is 0.337 e. The van der Waals surface area contributed by atoms with E-state index < -0.39 is 48.8 Å². The molecule has 0 saturated carbocycles. The molecule has 0 amide bonds. The summed E-state index contributed by atoms with van der Waals surface area (Å²) in [5.74, 6) is -1.91. The van der Waals surface area contributed by atoms with Gasteiger partial charge in [0.15, 0.2) is 0 Å². The average molecular weight is 337 g/mol. The Morgan fingerprint density at radius 2 is 1.90 bits per heavy atom. The molecule has 0 unspecified atom stereocenters. The molecule has 1 aromatic carbocycles. The second-order valence-electron chi connectivity index (χ2n) is 3.98. The monoisotopic (exact) mass is 337 g/mol. The number of hydrogen-bond donors (Lipinski definition) is 4. The van der Waals surface area contributed by atoms with E-state index in [1.54, 1.807) is 0 Å². The van der Waals surface area contributed by atoms with Crippen LogP contribution in [0, 0.1) is 0 Å². The maximum atomic E-state index is 12.0. The molecular formula is C10H15N3O6S2. The van der Waals surface area contributed by atoms with Gasteiger partial charge in [0.2, 0.25) is 20.0 Å². The fraction of sp³-hybridized carbons (Fsp3) is 0.300. The molecule has 0 aliphatic rings.